The molecule has 126 valence electrons. The number of hydrogen-bond acceptors (Lipinski definition) is 9. The summed E-state index contributed by atoms with van der Waals surface area (Å²) in [6.45, 7) is 3.32. The molecular formula is C13H20O9. The van der Waals surface area contributed by atoms with Gasteiger partial charge >= 0.3 is 23.9 Å². The van der Waals surface area contributed by atoms with Gasteiger partial charge in [0.2, 0.25) is 0 Å². The number of esters is 4. The number of aliphatic hydroxyl groups is 1. The largest absolute Gasteiger partial charge is 0.462 e. The highest BCUT2D eigenvalue weighted by atomic mass is 16.6. The minimum atomic E-state index is -1.32. The SMILES string of the molecule is CC(=O)OCC(OC(C)=O)C(OC(C)=O)C(CO)OC(C)=O. The van der Waals surface area contributed by atoms with Crippen LogP contribution in [-0.4, -0.2) is 60.5 Å². The van der Waals surface area contributed by atoms with Crippen molar-refractivity contribution in [2.24, 2.45) is 0 Å². The first-order valence-corrected chi connectivity index (χ1v) is 6.43. The van der Waals surface area contributed by atoms with E-state index in [1.807, 2.05) is 0 Å². The lowest BCUT2D eigenvalue weighted by molar-refractivity contribution is -0.192. The van der Waals surface area contributed by atoms with E-state index in [2.05, 4.69) is 0 Å². The molecule has 0 aromatic carbocycles. The molecule has 0 aromatic heterocycles. The predicted octanol–water partition coefficient (Wildman–Crippen LogP) is -0.663. The first-order chi connectivity index (χ1) is 10.2. The second-order valence-corrected chi connectivity index (χ2v) is 4.35. The first-order valence-electron chi connectivity index (χ1n) is 6.43. The van der Waals surface area contributed by atoms with Gasteiger partial charge in [0.25, 0.3) is 0 Å². The number of hydrogen-bond donors (Lipinski definition) is 1. The fourth-order valence-corrected chi connectivity index (χ4v) is 1.61. The van der Waals surface area contributed by atoms with Crippen molar-refractivity contribution in [3.63, 3.8) is 0 Å². The lowest BCUT2D eigenvalue weighted by atomic mass is 10.1. The topological polar surface area (TPSA) is 125 Å². The molecule has 0 saturated heterocycles. The summed E-state index contributed by atoms with van der Waals surface area (Å²) in [5.74, 6) is -2.86. The van der Waals surface area contributed by atoms with Crippen molar-refractivity contribution in [2.75, 3.05) is 13.2 Å². The molecule has 0 radical (unpaired) electrons. The van der Waals surface area contributed by atoms with Gasteiger partial charge in [-0.05, 0) is 0 Å². The Kier molecular flexibility index (Phi) is 8.76. The molecule has 0 aromatic rings. The Bertz CT molecular complexity index is 418. The average molecular weight is 320 g/mol. The first kappa shape index (κ1) is 19.8. The van der Waals surface area contributed by atoms with Crippen LogP contribution in [0.2, 0.25) is 0 Å². The van der Waals surface area contributed by atoms with Crippen LogP contribution in [0.15, 0.2) is 0 Å². The van der Waals surface area contributed by atoms with E-state index >= 15 is 0 Å². The molecular weight excluding hydrogens is 300 g/mol. The Morgan fingerprint density at radius 2 is 1.23 bits per heavy atom. The quantitative estimate of drug-likeness (QED) is 0.458. The van der Waals surface area contributed by atoms with Crippen molar-refractivity contribution in [3.05, 3.63) is 0 Å². The van der Waals surface area contributed by atoms with Crippen LogP contribution in [0, 0.1) is 0 Å². The van der Waals surface area contributed by atoms with Crippen molar-refractivity contribution in [2.45, 2.75) is 46.0 Å². The molecule has 9 nitrogen and oxygen atoms in total. The fraction of sp³-hybridized carbons (Fsp3) is 0.692. The predicted molar refractivity (Wildman–Crippen MR) is 70.4 cm³/mol. The van der Waals surface area contributed by atoms with E-state index in [-0.39, 0.29) is 0 Å². The monoisotopic (exact) mass is 320 g/mol. The zero-order chi connectivity index (χ0) is 17.3. The molecule has 3 atom stereocenters. The Labute approximate surface area is 127 Å². The molecule has 0 spiro atoms. The van der Waals surface area contributed by atoms with Crippen LogP contribution in [0.3, 0.4) is 0 Å². The maximum Gasteiger partial charge on any atom is 0.303 e. The molecule has 0 aliphatic heterocycles. The van der Waals surface area contributed by atoms with E-state index < -0.39 is 55.4 Å². The highest BCUT2D eigenvalue weighted by Gasteiger charge is 2.37. The molecule has 3 unspecified atom stereocenters. The van der Waals surface area contributed by atoms with Gasteiger partial charge in [-0.2, -0.15) is 0 Å². The maximum absolute atomic E-state index is 11.2. The summed E-state index contributed by atoms with van der Waals surface area (Å²) in [6.07, 6.45) is -3.84. The van der Waals surface area contributed by atoms with Gasteiger partial charge in [-0.25, -0.2) is 0 Å². The number of carbonyl (C=O) groups is 4. The van der Waals surface area contributed by atoms with Gasteiger partial charge in [0.1, 0.15) is 6.61 Å². The highest BCUT2D eigenvalue weighted by molar-refractivity contribution is 5.68. The van der Waals surface area contributed by atoms with E-state index in [9.17, 15) is 24.3 Å². The smallest absolute Gasteiger partial charge is 0.303 e. The van der Waals surface area contributed by atoms with Crippen LogP contribution < -0.4 is 0 Å². The van der Waals surface area contributed by atoms with Gasteiger partial charge in [0, 0.05) is 27.7 Å². The zero-order valence-electron chi connectivity index (χ0n) is 12.9. The Morgan fingerprint density at radius 1 is 0.773 bits per heavy atom. The van der Waals surface area contributed by atoms with Gasteiger partial charge in [-0.1, -0.05) is 0 Å². The summed E-state index contributed by atoms with van der Waals surface area (Å²) < 4.78 is 19.5. The minimum absolute atomic E-state index is 0.426. The van der Waals surface area contributed by atoms with E-state index in [1.54, 1.807) is 0 Å². The summed E-state index contributed by atoms with van der Waals surface area (Å²) >= 11 is 0. The van der Waals surface area contributed by atoms with Crippen LogP contribution in [0.1, 0.15) is 27.7 Å². The highest BCUT2D eigenvalue weighted by Crippen LogP contribution is 2.14. The molecule has 0 aliphatic carbocycles. The van der Waals surface area contributed by atoms with E-state index in [0.29, 0.717) is 0 Å². The van der Waals surface area contributed by atoms with Crippen LogP contribution in [0.25, 0.3) is 0 Å². The van der Waals surface area contributed by atoms with Gasteiger partial charge in [0.15, 0.2) is 18.3 Å². The third-order valence-corrected chi connectivity index (χ3v) is 2.30. The lowest BCUT2D eigenvalue weighted by Gasteiger charge is -2.30. The molecule has 0 saturated carbocycles. The van der Waals surface area contributed by atoms with E-state index in [4.69, 9.17) is 18.9 Å². The van der Waals surface area contributed by atoms with Crippen LogP contribution in [-0.2, 0) is 38.1 Å². The van der Waals surface area contributed by atoms with Gasteiger partial charge in [-0.3, -0.25) is 19.2 Å². The summed E-state index contributed by atoms with van der Waals surface area (Å²) in [5.41, 5.74) is 0. The van der Waals surface area contributed by atoms with Crippen molar-refractivity contribution in [3.8, 4) is 0 Å². The van der Waals surface area contributed by atoms with Gasteiger partial charge < -0.3 is 24.1 Å². The van der Waals surface area contributed by atoms with E-state index in [0.717, 1.165) is 27.7 Å². The van der Waals surface area contributed by atoms with Crippen LogP contribution in [0.4, 0.5) is 0 Å². The maximum atomic E-state index is 11.2. The van der Waals surface area contributed by atoms with Crippen molar-refractivity contribution in [1.82, 2.24) is 0 Å². The number of ether oxygens (including phenoxy) is 4. The van der Waals surface area contributed by atoms with Crippen molar-refractivity contribution >= 4 is 23.9 Å². The molecule has 9 heteroatoms. The summed E-state index contributed by atoms with van der Waals surface area (Å²) in [6, 6.07) is 0. The molecule has 0 fully saturated rings. The molecule has 0 aliphatic rings. The number of rotatable bonds is 8. The Hall–Kier alpha value is -2.16. The average Bonchev–Trinajstić information content (AvgIpc) is 2.37. The standard InChI is InChI=1S/C13H20O9/c1-7(15)19-6-12(21-9(3)17)13(22-10(4)18)11(5-14)20-8(2)16/h11-14H,5-6H2,1-4H3. The molecule has 0 rings (SSSR count). The minimum Gasteiger partial charge on any atom is -0.462 e. The fourth-order valence-electron chi connectivity index (χ4n) is 1.61. The third-order valence-electron chi connectivity index (χ3n) is 2.30. The second kappa shape index (κ2) is 9.72. The summed E-state index contributed by atoms with van der Waals surface area (Å²) in [4.78, 5) is 44.3. The normalized spacial score (nSPS) is 14.2. The zero-order valence-corrected chi connectivity index (χ0v) is 12.9. The van der Waals surface area contributed by atoms with E-state index in [1.165, 1.54) is 0 Å². The molecule has 1 N–H and O–H groups in total. The van der Waals surface area contributed by atoms with Crippen LogP contribution in [0.5, 0.6) is 0 Å². The van der Waals surface area contributed by atoms with Crippen LogP contribution >= 0.6 is 0 Å². The summed E-state index contributed by atoms with van der Waals surface area (Å²) in [7, 11) is 0. The summed E-state index contributed by atoms with van der Waals surface area (Å²) in [5, 5.41) is 9.30. The van der Waals surface area contributed by atoms with Gasteiger partial charge in [-0.15, -0.1) is 0 Å². The molecule has 0 amide bonds. The van der Waals surface area contributed by atoms with Crippen molar-refractivity contribution in [1.29, 1.82) is 0 Å². The van der Waals surface area contributed by atoms with Gasteiger partial charge in [0.05, 0.1) is 6.61 Å². The lowest BCUT2D eigenvalue weighted by Crippen LogP contribution is -2.48. The molecule has 0 bridgehead atoms. The Balaban J connectivity index is 5.30. The number of carbonyl (C=O) groups excluding carboxylic acids is 4. The second-order valence-electron chi connectivity index (χ2n) is 4.35. The van der Waals surface area contributed by atoms with Crippen molar-refractivity contribution < 1.29 is 43.2 Å². The third kappa shape index (κ3) is 8.20. The Morgan fingerprint density at radius 3 is 1.59 bits per heavy atom. The molecule has 0 heterocycles. The number of aliphatic hydroxyl groups excluding tert-OH is 1. The molecule has 22 heavy (non-hydrogen) atoms.